The van der Waals surface area contributed by atoms with E-state index in [2.05, 4.69) is 38.0 Å². The van der Waals surface area contributed by atoms with Crippen molar-refractivity contribution in [3.05, 3.63) is 48.3 Å². The van der Waals surface area contributed by atoms with Gasteiger partial charge in [0.1, 0.15) is 0 Å². The SMILES string of the molecule is CN(C)CCN1C(=O)CC2(CCN(c3ncccn3)CC2)c2ccccc21. The van der Waals surface area contributed by atoms with E-state index in [1.807, 2.05) is 31.1 Å². The second-order valence-electron chi connectivity index (χ2n) is 7.86. The number of carbonyl (C=O) groups is 1. The molecule has 142 valence electrons. The monoisotopic (exact) mass is 365 g/mol. The number of rotatable bonds is 4. The van der Waals surface area contributed by atoms with Crippen molar-refractivity contribution in [3.63, 3.8) is 0 Å². The summed E-state index contributed by atoms with van der Waals surface area (Å²) in [5.41, 5.74) is 2.37. The van der Waals surface area contributed by atoms with E-state index in [4.69, 9.17) is 0 Å². The van der Waals surface area contributed by atoms with E-state index in [9.17, 15) is 4.79 Å². The Morgan fingerprint density at radius 3 is 2.48 bits per heavy atom. The fourth-order valence-electron chi connectivity index (χ4n) is 4.35. The predicted octanol–water partition coefficient (Wildman–Crippen LogP) is 2.31. The minimum atomic E-state index is -0.0619. The highest BCUT2D eigenvalue weighted by molar-refractivity contribution is 5.98. The minimum Gasteiger partial charge on any atom is -0.341 e. The Kier molecular flexibility index (Phi) is 4.83. The third-order valence-electron chi connectivity index (χ3n) is 5.88. The van der Waals surface area contributed by atoms with E-state index in [-0.39, 0.29) is 11.3 Å². The van der Waals surface area contributed by atoms with Gasteiger partial charge in [-0.2, -0.15) is 0 Å². The summed E-state index contributed by atoms with van der Waals surface area (Å²) in [4.78, 5) is 28.2. The van der Waals surface area contributed by atoms with Gasteiger partial charge < -0.3 is 14.7 Å². The van der Waals surface area contributed by atoms with Gasteiger partial charge in [0.2, 0.25) is 11.9 Å². The molecule has 1 fully saturated rings. The molecule has 0 radical (unpaired) electrons. The average Bonchev–Trinajstić information content (AvgIpc) is 2.69. The topological polar surface area (TPSA) is 52.6 Å². The number of anilines is 2. The number of carbonyl (C=O) groups excluding carboxylic acids is 1. The molecule has 1 amide bonds. The first-order chi connectivity index (χ1) is 13.1. The van der Waals surface area contributed by atoms with Gasteiger partial charge in [-0.15, -0.1) is 0 Å². The van der Waals surface area contributed by atoms with E-state index < -0.39 is 0 Å². The minimum absolute atomic E-state index is 0.0619. The van der Waals surface area contributed by atoms with Crippen LogP contribution in [0.4, 0.5) is 11.6 Å². The lowest BCUT2D eigenvalue weighted by Gasteiger charge is -2.47. The zero-order chi connectivity index (χ0) is 18.9. The number of hydrogen-bond donors (Lipinski definition) is 0. The fraction of sp³-hybridized carbons (Fsp3) is 0.476. The van der Waals surface area contributed by atoms with Crippen LogP contribution in [0.1, 0.15) is 24.8 Å². The van der Waals surface area contributed by atoms with Crippen molar-refractivity contribution >= 4 is 17.5 Å². The van der Waals surface area contributed by atoms with Gasteiger partial charge in [-0.3, -0.25) is 4.79 Å². The molecule has 4 rings (SSSR count). The Bertz CT molecular complexity index is 799. The van der Waals surface area contributed by atoms with Gasteiger partial charge in [-0.1, -0.05) is 18.2 Å². The Labute approximate surface area is 160 Å². The summed E-state index contributed by atoms with van der Waals surface area (Å²) in [6.45, 7) is 3.36. The molecule has 2 aliphatic rings. The van der Waals surface area contributed by atoms with Gasteiger partial charge in [0.05, 0.1) is 0 Å². The lowest BCUT2D eigenvalue weighted by Crippen LogP contribution is -2.51. The average molecular weight is 365 g/mol. The zero-order valence-electron chi connectivity index (χ0n) is 16.1. The second kappa shape index (κ2) is 7.27. The van der Waals surface area contributed by atoms with Gasteiger partial charge in [0.15, 0.2) is 0 Å². The maximum atomic E-state index is 13.1. The van der Waals surface area contributed by atoms with Gasteiger partial charge >= 0.3 is 0 Å². The van der Waals surface area contributed by atoms with Crippen LogP contribution in [-0.4, -0.2) is 61.0 Å². The highest BCUT2D eigenvalue weighted by Crippen LogP contribution is 2.47. The van der Waals surface area contributed by atoms with Crippen molar-refractivity contribution in [3.8, 4) is 0 Å². The van der Waals surface area contributed by atoms with E-state index in [0.29, 0.717) is 6.42 Å². The van der Waals surface area contributed by atoms with E-state index >= 15 is 0 Å². The summed E-state index contributed by atoms with van der Waals surface area (Å²) in [5.74, 6) is 1.04. The molecule has 0 atom stereocenters. The predicted molar refractivity (Wildman–Crippen MR) is 107 cm³/mol. The van der Waals surface area contributed by atoms with Crippen molar-refractivity contribution in [1.29, 1.82) is 0 Å². The molecule has 6 heteroatoms. The summed E-state index contributed by atoms with van der Waals surface area (Å²) in [5, 5.41) is 0. The number of benzene rings is 1. The van der Waals surface area contributed by atoms with Crippen molar-refractivity contribution in [2.45, 2.75) is 24.7 Å². The number of hydrogen-bond acceptors (Lipinski definition) is 5. The van der Waals surface area contributed by atoms with Crippen LogP contribution < -0.4 is 9.80 Å². The Morgan fingerprint density at radius 1 is 1.07 bits per heavy atom. The van der Waals surface area contributed by atoms with E-state index in [0.717, 1.165) is 50.7 Å². The number of nitrogens with zero attached hydrogens (tertiary/aromatic N) is 5. The molecule has 0 bridgehead atoms. The van der Waals surface area contributed by atoms with E-state index in [1.165, 1.54) is 5.56 Å². The van der Waals surface area contributed by atoms with Crippen LogP contribution in [0.2, 0.25) is 0 Å². The van der Waals surface area contributed by atoms with Crippen LogP contribution >= 0.6 is 0 Å². The molecule has 0 aliphatic carbocycles. The van der Waals surface area contributed by atoms with Gasteiger partial charge in [0.25, 0.3) is 0 Å². The summed E-state index contributed by atoms with van der Waals surface area (Å²) in [6.07, 6.45) is 6.08. The van der Waals surface area contributed by atoms with Crippen LogP contribution in [0, 0.1) is 0 Å². The smallest absolute Gasteiger partial charge is 0.227 e. The Hall–Kier alpha value is -2.47. The molecule has 2 aromatic rings. The summed E-state index contributed by atoms with van der Waals surface area (Å²) < 4.78 is 0. The van der Waals surface area contributed by atoms with Gasteiger partial charge in [0, 0.05) is 56.1 Å². The lowest BCUT2D eigenvalue weighted by molar-refractivity contribution is -0.120. The highest BCUT2D eigenvalue weighted by atomic mass is 16.2. The lowest BCUT2D eigenvalue weighted by atomic mass is 9.67. The molecule has 27 heavy (non-hydrogen) atoms. The quantitative estimate of drug-likeness (QED) is 0.832. The first-order valence-electron chi connectivity index (χ1n) is 9.66. The van der Waals surface area contributed by atoms with Crippen LogP contribution in [0.25, 0.3) is 0 Å². The summed E-state index contributed by atoms with van der Waals surface area (Å²) >= 11 is 0. The standard InChI is InChI=1S/C21H27N5O/c1-24(2)14-15-26-18-7-4-3-6-17(18)21(16-19(26)27)8-12-25(13-9-21)20-22-10-5-11-23-20/h3-7,10-11H,8-9,12-16H2,1-2H3. The van der Waals surface area contributed by atoms with Crippen LogP contribution in [0.3, 0.4) is 0 Å². The molecule has 1 spiro atoms. The number of para-hydroxylation sites is 1. The van der Waals surface area contributed by atoms with Crippen molar-refractivity contribution in [2.75, 3.05) is 50.1 Å². The second-order valence-corrected chi connectivity index (χ2v) is 7.86. The first kappa shape index (κ1) is 17.9. The first-order valence-corrected chi connectivity index (χ1v) is 9.66. The molecule has 1 aromatic carbocycles. The van der Waals surface area contributed by atoms with E-state index in [1.54, 1.807) is 12.4 Å². The third kappa shape index (κ3) is 3.41. The van der Waals surface area contributed by atoms with Crippen LogP contribution in [0.15, 0.2) is 42.7 Å². The molecule has 2 aliphatic heterocycles. The number of likely N-dealkylation sites (N-methyl/N-ethyl adjacent to an activating group) is 1. The summed E-state index contributed by atoms with van der Waals surface area (Å²) in [6, 6.07) is 10.3. The number of amides is 1. The van der Waals surface area contributed by atoms with Crippen LogP contribution in [0.5, 0.6) is 0 Å². The normalized spacial score (nSPS) is 18.9. The molecule has 0 N–H and O–H groups in total. The molecule has 6 nitrogen and oxygen atoms in total. The molecular weight excluding hydrogens is 338 g/mol. The molecular formula is C21H27N5O. The van der Waals surface area contributed by atoms with Crippen molar-refractivity contribution < 1.29 is 4.79 Å². The largest absolute Gasteiger partial charge is 0.341 e. The van der Waals surface area contributed by atoms with Gasteiger partial charge in [-0.05, 0) is 44.6 Å². The van der Waals surface area contributed by atoms with Crippen molar-refractivity contribution in [1.82, 2.24) is 14.9 Å². The maximum Gasteiger partial charge on any atom is 0.227 e. The Morgan fingerprint density at radius 2 is 1.78 bits per heavy atom. The number of aromatic nitrogens is 2. The molecule has 1 aromatic heterocycles. The number of piperidine rings is 1. The fourth-order valence-corrected chi connectivity index (χ4v) is 4.35. The highest BCUT2D eigenvalue weighted by Gasteiger charge is 2.45. The maximum absolute atomic E-state index is 13.1. The molecule has 0 unspecified atom stereocenters. The molecule has 3 heterocycles. The third-order valence-corrected chi connectivity index (χ3v) is 5.88. The number of fused-ring (bicyclic) bond motifs is 2. The zero-order valence-corrected chi connectivity index (χ0v) is 16.1. The molecule has 0 saturated carbocycles. The van der Waals surface area contributed by atoms with Crippen LogP contribution in [-0.2, 0) is 10.2 Å². The summed E-state index contributed by atoms with van der Waals surface area (Å²) in [7, 11) is 4.09. The Balaban J connectivity index is 1.59. The van der Waals surface area contributed by atoms with Gasteiger partial charge in [-0.25, -0.2) is 9.97 Å². The molecule has 1 saturated heterocycles. The van der Waals surface area contributed by atoms with Crippen molar-refractivity contribution in [2.24, 2.45) is 0 Å².